The van der Waals surface area contributed by atoms with Gasteiger partial charge in [-0.1, -0.05) is 57.5 Å². The molecule has 0 radical (unpaired) electrons. The highest BCUT2D eigenvalue weighted by Crippen LogP contribution is 2.72. The van der Waals surface area contributed by atoms with Crippen molar-refractivity contribution in [3.63, 3.8) is 0 Å². The Hall–Kier alpha value is -1.35. The summed E-state index contributed by atoms with van der Waals surface area (Å²) in [5.41, 5.74) is 1.71. The summed E-state index contributed by atoms with van der Waals surface area (Å²) in [6, 6.07) is 10.8. The van der Waals surface area contributed by atoms with E-state index < -0.39 is 5.60 Å². The Balaban J connectivity index is 1.21. The fourth-order valence-electron chi connectivity index (χ4n) is 11.4. The van der Waals surface area contributed by atoms with Gasteiger partial charge in [-0.3, -0.25) is 4.79 Å². The summed E-state index contributed by atoms with van der Waals surface area (Å²) in [5.74, 6) is 3.45. The van der Waals surface area contributed by atoms with Crippen molar-refractivity contribution in [1.29, 1.82) is 0 Å². The van der Waals surface area contributed by atoms with Crippen molar-refractivity contribution < 1.29 is 9.90 Å². The van der Waals surface area contributed by atoms with Crippen LogP contribution in [-0.4, -0.2) is 34.6 Å². The summed E-state index contributed by atoms with van der Waals surface area (Å²) in [7, 11) is 0. The molecule has 0 bridgehead atoms. The third kappa shape index (κ3) is 3.95. The predicted molar refractivity (Wildman–Crippen MR) is 150 cm³/mol. The van der Waals surface area contributed by atoms with Crippen molar-refractivity contribution in [2.45, 2.75) is 116 Å². The van der Waals surface area contributed by atoms with Crippen LogP contribution in [0.25, 0.3) is 0 Å². The average molecular weight is 506 g/mol. The maximum atomic E-state index is 14.1. The van der Waals surface area contributed by atoms with Crippen LogP contribution in [-0.2, 0) is 4.79 Å². The second kappa shape index (κ2) is 9.10. The van der Waals surface area contributed by atoms with Gasteiger partial charge in [0.15, 0.2) is 0 Å². The maximum Gasteiger partial charge on any atom is 0.226 e. The minimum atomic E-state index is -0.500. The van der Waals surface area contributed by atoms with Crippen molar-refractivity contribution >= 4 is 5.91 Å². The predicted octanol–water partition coefficient (Wildman–Crippen LogP) is 7.58. The molecule has 1 aromatic carbocycles. The largest absolute Gasteiger partial charge is 0.390 e. The Morgan fingerprint density at radius 1 is 0.946 bits per heavy atom. The molecule has 6 rings (SSSR count). The molecule has 4 saturated carbocycles. The molecule has 1 heterocycles. The van der Waals surface area contributed by atoms with E-state index >= 15 is 0 Å². The van der Waals surface area contributed by atoms with E-state index in [1.807, 2.05) is 0 Å². The molecule has 0 spiro atoms. The lowest BCUT2D eigenvalue weighted by Crippen LogP contribution is -2.61. The average Bonchev–Trinajstić information content (AvgIpc) is 3.49. The summed E-state index contributed by atoms with van der Waals surface area (Å²) < 4.78 is 0. The summed E-state index contributed by atoms with van der Waals surface area (Å²) in [6.45, 7) is 11.4. The van der Waals surface area contributed by atoms with Crippen LogP contribution in [0.2, 0.25) is 0 Å². The lowest BCUT2D eigenvalue weighted by atomic mass is 9.38. The first-order valence-corrected chi connectivity index (χ1v) is 15.7. The topological polar surface area (TPSA) is 40.5 Å². The Kier molecular flexibility index (Phi) is 6.37. The van der Waals surface area contributed by atoms with Gasteiger partial charge in [0.1, 0.15) is 0 Å². The molecule has 1 N–H and O–H groups in total. The van der Waals surface area contributed by atoms with Gasteiger partial charge in [0, 0.05) is 24.9 Å². The minimum Gasteiger partial charge on any atom is -0.390 e. The van der Waals surface area contributed by atoms with Gasteiger partial charge >= 0.3 is 0 Å². The van der Waals surface area contributed by atoms with Crippen molar-refractivity contribution in [1.82, 2.24) is 4.90 Å². The number of hydrogen-bond acceptors (Lipinski definition) is 2. The summed E-state index contributed by atoms with van der Waals surface area (Å²) in [5, 5.41) is 11.1. The quantitative estimate of drug-likeness (QED) is 0.458. The molecule has 1 aromatic rings. The fraction of sp³-hybridized carbons (Fsp3) is 0.794. The molecule has 4 aliphatic carbocycles. The monoisotopic (exact) mass is 505 g/mol. The van der Waals surface area contributed by atoms with Crippen LogP contribution >= 0.6 is 0 Å². The van der Waals surface area contributed by atoms with E-state index in [-0.39, 0.29) is 16.7 Å². The van der Waals surface area contributed by atoms with Crippen molar-refractivity contribution in [2.75, 3.05) is 13.1 Å². The third-order valence-corrected chi connectivity index (χ3v) is 13.0. The fourth-order valence-corrected chi connectivity index (χ4v) is 11.4. The van der Waals surface area contributed by atoms with Crippen LogP contribution in [0.1, 0.15) is 116 Å². The van der Waals surface area contributed by atoms with E-state index in [4.69, 9.17) is 0 Å². The molecule has 0 unspecified atom stereocenters. The summed E-state index contributed by atoms with van der Waals surface area (Å²) in [4.78, 5) is 16.3. The second-order valence-corrected chi connectivity index (χ2v) is 14.9. The van der Waals surface area contributed by atoms with Crippen molar-refractivity contribution in [3.8, 4) is 0 Å². The van der Waals surface area contributed by atoms with Crippen molar-refractivity contribution in [3.05, 3.63) is 35.9 Å². The number of carbonyl (C=O) groups excluding carboxylic acids is 1. The van der Waals surface area contributed by atoms with Gasteiger partial charge in [0.25, 0.3) is 0 Å². The van der Waals surface area contributed by atoms with Crippen LogP contribution in [0, 0.1) is 39.9 Å². The van der Waals surface area contributed by atoms with Gasteiger partial charge in [-0.25, -0.2) is 0 Å². The van der Waals surface area contributed by atoms with E-state index in [0.29, 0.717) is 23.2 Å². The highest BCUT2D eigenvalue weighted by atomic mass is 16.3. The molecule has 9 atom stereocenters. The van der Waals surface area contributed by atoms with Crippen molar-refractivity contribution in [2.24, 2.45) is 39.9 Å². The zero-order chi connectivity index (χ0) is 26.1. The van der Waals surface area contributed by atoms with E-state index in [2.05, 4.69) is 62.9 Å². The summed E-state index contributed by atoms with van der Waals surface area (Å²) >= 11 is 0. The number of amides is 1. The first kappa shape index (κ1) is 25.9. The lowest BCUT2D eigenvalue weighted by Gasteiger charge is -2.67. The van der Waals surface area contributed by atoms with Gasteiger partial charge in [-0.2, -0.15) is 0 Å². The number of aliphatic hydroxyl groups is 1. The van der Waals surface area contributed by atoms with Crippen LogP contribution in [0.5, 0.6) is 0 Å². The number of carbonyl (C=O) groups is 1. The van der Waals surface area contributed by atoms with E-state index in [9.17, 15) is 9.90 Å². The molecule has 1 aliphatic heterocycles. The number of benzene rings is 1. The molecule has 5 fully saturated rings. The van der Waals surface area contributed by atoms with Gasteiger partial charge in [0.2, 0.25) is 5.91 Å². The number of likely N-dealkylation sites (tertiary alicyclic amines) is 1. The second-order valence-electron chi connectivity index (χ2n) is 14.9. The smallest absolute Gasteiger partial charge is 0.226 e. The third-order valence-electron chi connectivity index (χ3n) is 13.0. The molecule has 204 valence electrons. The maximum absolute atomic E-state index is 14.1. The first-order chi connectivity index (χ1) is 17.6. The van der Waals surface area contributed by atoms with Crippen LogP contribution < -0.4 is 0 Å². The standard InChI is InChI=1S/C34H51NO2/c1-5-16-34-20-19-32(3,37)23-31(34,2)17-13-26-27-11-12-29(33(27,4)18-14-28(26)34)30(36)35-21-15-25(22-35)24-9-7-6-8-10-24/h6-10,25-29,37H,5,11-23H2,1-4H3/t25-,26+,27+,28+,29-,31-,32-,33+,34-/m1/s1. The zero-order valence-corrected chi connectivity index (χ0v) is 24.0. The molecular formula is C34H51NO2. The van der Waals surface area contributed by atoms with E-state index in [1.165, 1.54) is 56.9 Å². The first-order valence-electron chi connectivity index (χ1n) is 15.7. The number of fused-ring (bicyclic) bond motifs is 5. The van der Waals surface area contributed by atoms with Gasteiger partial charge in [0.05, 0.1) is 5.60 Å². The van der Waals surface area contributed by atoms with E-state index in [1.54, 1.807) is 0 Å². The molecule has 5 aliphatic rings. The number of nitrogens with zero attached hydrogens (tertiary/aromatic N) is 1. The highest BCUT2D eigenvalue weighted by Gasteiger charge is 2.66. The molecule has 37 heavy (non-hydrogen) atoms. The molecule has 0 aromatic heterocycles. The van der Waals surface area contributed by atoms with Gasteiger partial charge in [-0.05, 0) is 117 Å². The molecule has 3 nitrogen and oxygen atoms in total. The molecule has 1 amide bonds. The summed E-state index contributed by atoms with van der Waals surface area (Å²) in [6.07, 6.45) is 14.3. The highest BCUT2D eigenvalue weighted by molar-refractivity contribution is 5.80. The Morgan fingerprint density at radius 3 is 2.49 bits per heavy atom. The Morgan fingerprint density at radius 2 is 1.73 bits per heavy atom. The Labute approximate surface area is 225 Å². The Bertz CT molecular complexity index is 1000. The lowest BCUT2D eigenvalue weighted by molar-refractivity contribution is -0.201. The SMILES string of the molecule is CCC[C@]12CC[C@@](C)(O)C[C@@]1(C)CC[C@H]1[C@@H]3CC[C@H](C(=O)N4CC[C@@H](c5ccccc5)C4)[C@@]3(C)CC[C@@H]12. The molecule has 1 saturated heterocycles. The van der Waals surface area contributed by atoms with E-state index in [0.717, 1.165) is 50.6 Å². The minimum absolute atomic E-state index is 0.171. The van der Waals surface area contributed by atoms with Crippen LogP contribution in [0.15, 0.2) is 30.3 Å². The number of rotatable bonds is 4. The number of hydrogen-bond donors (Lipinski definition) is 1. The van der Waals surface area contributed by atoms with Gasteiger partial charge in [-0.15, -0.1) is 0 Å². The molecular weight excluding hydrogens is 454 g/mol. The normalized spacial score (nSPS) is 47.3. The van der Waals surface area contributed by atoms with Gasteiger partial charge < -0.3 is 10.0 Å². The van der Waals surface area contributed by atoms with Crippen LogP contribution in [0.4, 0.5) is 0 Å². The van der Waals surface area contributed by atoms with Crippen LogP contribution in [0.3, 0.4) is 0 Å². The zero-order valence-electron chi connectivity index (χ0n) is 24.0. The molecule has 3 heteroatoms.